The number of anilines is 1. The summed E-state index contributed by atoms with van der Waals surface area (Å²) in [6.07, 6.45) is 1.47. The van der Waals surface area contributed by atoms with E-state index in [4.69, 9.17) is 4.74 Å². The zero-order valence-corrected chi connectivity index (χ0v) is 15.3. The molecule has 0 radical (unpaired) electrons. The first-order chi connectivity index (χ1) is 13.0. The van der Waals surface area contributed by atoms with Crippen LogP contribution >= 0.6 is 0 Å². The highest BCUT2D eigenvalue weighted by Gasteiger charge is 2.18. The van der Waals surface area contributed by atoms with E-state index in [1.54, 1.807) is 44.4 Å². The Hall–Kier alpha value is -3.48. The molecule has 0 aliphatic carbocycles. The van der Waals surface area contributed by atoms with Crippen LogP contribution in [0.5, 0.6) is 5.75 Å². The van der Waals surface area contributed by atoms with Gasteiger partial charge in [-0.2, -0.15) is 10.1 Å². The van der Waals surface area contributed by atoms with Crippen molar-refractivity contribution in [1.82, 2.24) is 14.8 Å². The average Bonchev–Trinajstić information content (AvgIpc) is 2.67. The highest BCUT2D eigenvalue weighted by Crippen LogP contribution is 2.19. The third kappa shape index (κ3) is 4.20. The Kier molecular flexibility index (Phi) is 5.30. The number of rotatable bonds is 5. The van der Waals surface area contributed by atoms with Gasteiger partial charge in [-0.15, -0.1) is 0 Å². The molecule has 7 nitrogen and oxygen atoms in total. The molecule has 0 spiro atoms. The van der Waals surface area contributed by atoms with Gasteiger partial charge in [0.1, 0.15) is 11.8 Å². The number of carbonyl (C=O) groups is 1. The van der Waals surface area contributed by atoms with Crippen LogP contribution in [0.1, 0.15) is 18.5 Å². The summed E-state index contributed by atoms with van der Waals surface area (Å²) in [6.45, 7) is 3.54. The lowest BCUT2D eigenvalue weighted by Crippen LogP contribution is -2.34. The third-order valence-corrected chi connectivity index (χ3v) is 4.13. The number of nitrogens with one attached hydrogen (secondary N) is 1. The van der Waals surface area contributed by atoms with Gasteiger partial charge in [0, 0.05) is 11.3 Å². The Morgan fingerprint density at radius 1 is 1.19 bits per heavy atom. The first-order valence-corrected chi connectivity index (χ1v) is 8.46. The lowest BCUT2D eigenvalue weighted by molar-refractivity contribution is -0.119. The second-order valence-corrected chi connectivity index (χ2v) is 6.13. The topological polar surface area (TPSA) is 86.1 Å². The molecule has 0 aliphatic rings. The largest absolute Gasteiger partial charge is 0.497 e. The zero-order chi connectivity index (χ0) is 19.4. The van der Waals surface area contributed by atoms with Crippen LogP contribution in [-0.4, -0.2) is 27.8 Å². The molecule has 2 aromatic carbocycles. The predicted octanol–water partition coefficient (Wildman–Crippen LogP) is 2.82. The lowest BCUT2D eigenvalue weighted by Gasteiger charge is -2.14. The van der Waals surface area contributed by atoms with Crippen molar-refractivity contribution in [2.24, 2.45) is 0 Å². The standard InChI is InChI=1S/C20H20N4O3/c1-13-5-4-6-16(11-13)22-19(25)14(2)24-20(26)23-18(12-21-24)15-7-9-17(27-3)10-8-15/h4-12,14H,1-3H3,(H,22,25)/t14-/m0/s1. The maximum Gasteiger partial charge on any atom is 0.365 e. The normalized spacial score (nSPS) is 11.7. The fourth-order valence-electron chi connectivity index (χ4n) is 2.60. The summed E-state index contributed by atoms with van der Waals surface area (Å²) in [5.74, 6) is 0.371. The number of ether oxygens (including phenoxy) is 1. The molecule has 1 N–H and O–H groups in total. The van der Waals surface area contributed by atoms with Crippen LogP contribution < -0.4 is 15.7 Å². The number of hydrogen-bond donors (Lipinski definition) is 1. The van der Waals surface area contributed by atoms with Crippen molar-refractivity contribution in [3.8, 4) is 17.0 Å². The number of aryl methyl sites for hydroxylation is 1. The molecule has 27 heavy (non-hydrogen) atoms. The van der Waals surface area contributed by atoms with Gasteiger partial charge in [0.15, 0.2) is 0 Å². The van der Waals surface area contributed by atoms with Crippen molar-refractivity contribution in [3.63, 3.8) is 0 Å². The Morgan fingerprint density at radius 3 is 2.56 bits per heavy atom. The maximum atomic E-state index is 12.4. The van der Waals surface area contributed by atoms with Crippen molar-refractivity contribution in [3.05, 3.63) is 70.8 Å². The zero-order valence-electron chi connectivity index (χ0n) is 15.3. The van der Waals surface area contributed by atoms with E-state index in [9.17, 15) is 9.59 Å². The molecule has 138 valence electrons. The molecular weight excluding hydrogens is 344 g/mol. The smallest absolute Gasteiger partial charge is 0.365 e. The molecule has 3 rings (SSSR count). The van der Waals surface area contributed by atoms with Crippen LogP contribution in [0.4, 0.5) is 5.69 Å². The summed E-state index contributed by atoms with van der Waals surface area (Å²) < 4.78 is 6.18. The summed E-state index contributed by atoms with van der Waals surface area (Å²) in [7, 11) is 1.58. The van der Waals surface area contributed by atoms with Crippen LogP contribution in [0.25, 0.3) is 11.3 Å². The minimum absolute atomic E-state index is 0.339. The molecule has 0 unspecified atom stereocenters. The van der Waals surface area contributed by atoms with Gasteiger partial charge >= 0.3 is 5.69 Å². The van der Waals surface area contributed by atoms with Gasteiger partial charge in [0.2, 0.25) is 5.91 Å². The van der Waals surface area contributed by atoms with Crippen molar-refractivity contribution in [2.45, 2.75) is 19.9 Å². The second-order valence-electron chi connectivity index (χ2n) is 6.13. The van der Waals surface area contributed by atoms with E-state index in [0.717, 1.165) is 15.8 Å². The van der Waals surface area contributed by atoms with Crippen molar-refractivity contribution in [2.75, 3.05) is 12.4 Å². The van der Waals surface area contributed by atoms with Gasteiger partial charge in [-0.3, -0.25) is 4.79 Å². The molecule has 7 heteroatoms. The molecule has 0 saturated carbocycles. The lowest BCUT2D eigenvalue weighted by atomic mass is 10.1. The van der Waals surface area contributed by atoms with Crippen LogP contribution in [0, 0.1) is 6.92 Å². The van der Waals surface area contributed by atoms with Crippen molar-refractivity contribution >= 4 is 11.6 Å². The summed E-state index contributed by atoms with van der Waals surface area (Å²) in [5, 5.41) is 6.91. The van der Waals surface area contributed by atoms with E-state index in [1.807, 2.05) is 25.1 Å². The number of aromatic nitrogens is 3. The van der Waals surface area contributed by atoms with Gasteiger partial charge in [0.25, 0.3) is 0 Å². The molecule has 0 saturated heterocycles. The molecule has 0 aliphatic heterocycles. The minimum atomic E-state index is -0.796. The number of methoxy groups -OCH3 is 1. The summed E-state index contributed by atoms with van der Waals surface area (Å²) in [6, 6.07) is 13.8. The molecule has 0 fully saturated rings. The Morgan fingerprint density at radius 2 is 1.93 bits per heavy atom. The monoisotopic (exact) mass is 364 g/mol. The molecular formula is C20H20N4O3. The number of hydrogen-bond acceptors (Lipinski definition) is 5. The number of nitrogens with zero attached hydrogens (tertiary/aromatic N) is 3. The van der Waals surface area contributed by atoms with E-state index in [0.29, 0.717) is 17.1 Å². The van der Waals surface area contributed by atoms with Crippen LogP contribution in [0.3, 0.4) is 0 Å². The number of amides is 1. The van der Waals surface area contributed by atoms with Gasteiger partial charge in [0.05, 0.1) is 19.0 Å². The van der Waals surface area contributed by atoms with Gasteiger partial charge in [-0.25, -0.2) is 9.48 Å². The fourth-order valence-corrected chi connectivity index (χ4v) is 2.60. The molecule has 1 aromatic heterocycles. The van der Waals surface area contributed by atoms with E-state index in [2.05, 4.69) is 15.4 Å². The van der Waals surface area contributed by atoms with Gasteiger partial charge in [-0.05, 0) is 55.8 Å². The molecule has 3 aromatic rings. The Labute approximate surface area is 156 Å². The second kappa shape index (κ2) is 7.82. The van der Waals surface area contributed by atoms with E-state index in [-0.39, 0.29) is 5.91 Å². The first kappa shape index (κ1) is 18.3. The summed E-state index contributed by atoms with van der Waals surface area (Å²) >= 11 is 0. The summed E-state index contributed by atoms with van der Waals surface area (Å²) in [5.41, 5.74) is 2.29. The van der Waals surface area contributed by atoms with Crippen LogP contribution in [0.2, 0.25) is 0 Å². The van der Waals surface area contributed by atoms with Crippen molar-refractivity contribution < 1.29 is 9.53 Å². The maximum absolute atomic E-state index is 12.4. The Bertz CT molecular complexity index is 1010. The van der Waals surface area contributed by atoms with Gasteiger partial charge < -0.3 is 10.1 Å². The molecule has 1 heterocycles. The fraction of sp³-hybridized carbons (Fsp3) is 0.200. The first-order valence-electron chi connectivity index (χ1n) is 8.46. The summed E-state index contributed by atoms with van der Waals surface area (Å²) in [4.78, 5) is 28.9. The van der Waals surface area contributed by atoms with E-state index in [1.165, 1.54) is 6.20 Å². The quantitative estimate of drug-likeness (QED) is 0.752. The molecule has 1 atom stereocenters. The SMILES string of the molecule is COc1ccc(-c2cnn([C@@H](C)C(=O)Nc3cccc(C)c3)c(=O)n2)cc1. The predicted molar refractivity (Wildman–Crippen MR) is 103 cm³/mol. The van der Waals surface area contributed by atoms with Crippen molar-refractivity contribution in [1.29, 1.82) is 0 Å². The molecule has 1 amide bonds. The van der Waals surface area contributed by atoms with E-state index < -0.39 is 11.7 Å². The van der Waals surface area contributed by atoms with E-state index >= 15 is 0 Å². The van der Waals surface area contributed by atoms with Gasteiger partial charge in [-0.1, -0.05) is 12.1 Å². The average molecular weight is 364 g/mol. The Balaban J connectivity index is 1.79. The highest BCUT2D eigenvalue weighted by molar-refractivity contribution is 5.93. The number of benzene rings is 2. The van der Waals surface area contributed by atoms with Crippen LogP contribution in [0.15, 0.2) is 59.5 Å². The van der Waals surface area contributed by atoms with Crippen LogP contribution in [-0.2, 0) is 4.79 Å². The minimum Gasteiger partial charge on any atom is -0.497 e. The third-order valence-electron chi connectivity index (χ3n) is 4.13. The molecule has 0 bridgehead atoms. The number of carbonyl (C=O) groups excluding carboxylic acids is 1. The highest BCUT2D eigenvalue weighted by atomic mass is 16.5.